The van der Waals surface area contributed by atoms with Gasteiger partial charge >= 0.3 is 0 Å². The number of fused-ring (bicyclic) bond motifs is 1. The molecule has 7 heteroatoms. The number of benzene rings is 2. The first-order valence-corrected chi connectivity index (χ1v) is 11.8. The molecule has 4 rings (SSSR count). The fourth-order valence-electron chi connectivity index (χ4n) is 4.45. The van der Waals surface area contributed by atoms with E-state index in [1.54, 1.807) is 13.2 Å². The van der Waals surface area contributed by atoms with E-state index >= 15 is 0 Å². The summed E-state index contributed by atoms with van der Waals surface area (Å²) < 4.78 is 35.7. The van der Waals surface area contributed by atoms with E-state index in [4.69, 9.17) is 18.7 Å². The van der Waals surface area contributed by atoms with E-state index in [9.17, 15) is 4.39 Å². The third kappa shape index (κ3) is 6.03. The van der Waals surface area contributed by atoms with Crippen molar-refractivity contribution < 1.29 is 23.1 Å². The highest BCUT2D eigenvalue weighted by atomic mass is 19.1. The summed E-state index contributed by atoms with van der Waals surface area (Å²) in [7, 11) is 1.67. The highest BCUT2D eigenvalue weighted by Crippen LogP contribution is 2.33. The van der Waals surface area contributed by atoms with Gasteiger partial charge in [0, 0.05) is 30.5 Å². The predicted molar refractivity (Wildman–Crippen MR) is 126 cm³/mol. The molecule has 33 heavy (non-hydrogen) atoms. The Kier molecular flexibility index (Phi) is 8.18. The Morgan fingerprint density at radius 2 is 1.94 bits per heavy atom. The van der Waals surface area contributed by atoms with Crippen LogP contribution in [-0.4, -0.2) is 56.6 Å². The molecule has 1 aliphatic heterocycles. The van der Waals surface area contributed by atoms with Gasteiger partial charge in [0.2, 0.25) is 0 Å². The monoisotopic (exact) mass is 456 g/mol. The summed E-state index contributed by atoms with van der Waals surface area (Å²) in [6.45, 7) is 7.11. The first kappa shape index (κ1) is 23.5. The summed E-state index contributed by atoms with van der Waals surface area (Å²) in [4.78, 5) is 2.47. The van der Waals surface area contributed by atoms with Crippen LogP contribution >= 0.6 is 0 Å². The SMILES string of the molecule is CCOCCc1ccc(OCCCN2CCC(c3noc4cc(F)ccc34)CC2)c(OC)c1. The molecule has 0 atom stereocenters. The molecule has 3 aromatic rings. The van der Waals surface area contributed by atoms with Crippen LogP contribution < -0.4 is 9.47 Å². The van der Waals surface area contributed by atoms with Gasteiger partial charge in [0.1, 0.15) is 5.82 Å². The van der Waals surface area contributed by atoms with Crippen LogP contribution in [0.25, 0.3) is 11.0 Å². The summed E-state index contributed by atoms with van der Waals surface area (Å²) >= 11 is 0. The maximum atomic E-state index is 13.4. The van der Waals surface area contributed by atoms with Gasteiger partial charge in [-0.15, -0.1) is 0 Å². The van der Waals surface area contributed by atoms with Gasteiger partial charge in [0.05, 0.1) is 26.0 Å². The molecular formula is C26H33FN2O4. The van der Waals surface area contributed by atoms with E-state index in [1.165, 1.54) is 17.7 Å². The first-order chi connectivity index (χ1) is 16.2. The molecule has 6 nitrogen and oxygen atoms in total. The summed E-state index contributed by atoms with van der Waals surface area (Å²) in [5.41, 5.74) is 2.67. The number of aromatic nitrogens is 1. The van der Waals surface area contributed by atoms with Crippen LogP contribution in [0.3, 0.4) is 0 Å². The zero-order valence-electron chi connectivity index (χ0n) is 19.5. The topological polar surface area (TPSA) is 57.0 Å². The number of hydrogen-bond acceptors (Lipinski definition) is 6. The smallest absolute Gasteiger partial charge is 0.170 e. The Morgan fingerprint density at radius 3 is 2.73 bits per heavy atom. The van der Waals surface area contributed by atoms with Crippen LogP contribution in [0.15, 0.2) is 40.9 Å². The fourth-order valence-corrected chi connectivity index (χ4v) is 4.45. The van der Waals surface area contributed by atoms with Crippen molar-refractivity contribution in [2.24, 2.45) is 0 Å². The molecule has 1 fully saturated rings. The lowest BCUT2D eigenvalue weighted by atomic mass is 9.91. The Labute approximate surface area is 194 Å². The number of piperidine rings is 1. The van der Waals surface area contributed by atoms with Crippen molar-refractivity contribution in [2.45, 2.75) is 38.5 Å². The minimum absolute atomic E-state index is 0.294. The summed E-state index contributed by atoms with van der Waals surface area (Å²) in [6.07, 6.45) is 3.86. The van der Waals surface area contributed by atoms with Crippen molar-refractivity contribution in [2.75, 3.05) is 46.6 Å². The van der Waals surface area contributed by atoms with Gasteiger partial charge in [-0.25, -0.2) is 4.39 Å². The maximum absolute atomic E-state index is 13.4. The van der Waals surface area contributed by atoms with Gasteiger partial charge in [-0.3, -0.25) is 0 Å². The van der Waals surface area contributed by atoms with Crippen LogP contribution in [-0.2, 0) is 11.2 Å². The molecule has 0 bridgehead atoms. The first-order valence-electron chi connectivity index (χ1n) is 11.8. The molecule has 1 saturated heterocycles. The standard InChI is InChI=1S/C26H33FN2O4/c1-3-31-16-11-19-5-8-23(25(17-19)30-2)32-15-4-12-29-13-9-20(10-14-29)26-22-7-6-21(27)18-24(22)33-28-26/h5-8,17-18,20H,3-4,9-16H2,1-2H3. The average Bonchev–Trinajstić information content (AvgIpc) is 3.26. The number of halogens is 1. The molecule has 0 saturated carbocycles. The Balaban J connectivity index is 1.20. The van der Waals surface area contributed by atoms with E-state index in [0.29, 0.717) is 24.7 Å². The largest absolute Gasteiger partial charge is 0.493 e. The molecule has 0 radical (unpaired) electrons. The van der Waals surface area contributed by atoms with Crippen LogP contribution in [0.5, 0.6) is 11.5 Å². The molecule has 178 valence electrons. The van der Waals surface area contributed by atoms with Gasteiger partial charge in [-0.05, 0) is 75.5 Å². The van der Waals surface area contributed by atoms with E-state index in [0.717, 1.165) is 74.5 Å². The van der Waals surface area contributed by atoms with Crippen molar-refractivity contribution >= 4 is 11.0 Å². The Bertz CT molecular complexity index is 1030. The van der Waals surface area contributed by atoms with Gasteiger partial charge in [0.25, 0.3) is 0 Å². The third-order valence-corrected chi connectivity index (χ3v) is 6.28. The quantitative estimate of drug-likeness (QED) is 0.370. The maximum Gasteiger partial charge on any atom is 0.170 e. The summed E-state index contributed by atoms with van der Waals surface area (Å²) in [5.74, 6) is 1.61. The lowest BCUT2D eigenvalue weighted by Gasteiger charge is -2.31. The van der Waals surface area contributed by atoms with Gasteiger partial charge in [-0.1, -0.05) is 11.2 Å². The number of methoxy groups -OCH3 is 1. The van der Waals surface area contributed by atoms with Crippen molar-refractivity contribution in [3.05, 3.63) is 53.5 Å². The van der Waals surface area contributed by atoms with E-state index in [2.05, 4.69) is 16.1 Å². The lowest BCUT2D eigenvalue weighted by Crippen LogP contribution is -2.34. The van der Waals surface area contributed by atoms with Gasteiger partial charge in [-0.2, -0.15) is 0 Å². The highest BCUT2D eigenvalue weighted by molar-refractivity contribution is 5.79. The lowest BCUT2D eigenvalue weighted by molar-refractivity contribution is 0.151. The van der Waals surface area contributed by atoms with Crippen LogP contribution in [0.2, 0.25) is 0 Å². The van der Waals surface area contributed by atoms with Crippen molar-refractivity contribution in [1.29, 1.82) is 0 Å². The minimum Gasteiger partial charge on any atom is -0.493 e. The van der Waals surface area contributed by atoms with Gasteiger partial charge < -0.3 is 23.6 Å². The second-order valence-corrected chi connectivity index (χ2v) is 8.46. The van der Waals surface area contributed by atoms with Crippen LogP contribution in [0.4, 0.5) is 4.39 Å². The molecular weight excluding hydrogens is 423 g/mol. The van der Waals surface area contributed by atoms with Crippen LogP contribution in [0, 0.1) is 5.82 Å². The highest BCUT2D eigenvalue weighted by Gasteiger charge is 2.25. The Morgan fingerprint density at radius 1 is 1.09 bits per heavy atom. The predicted octanol–water partition coefficient (Wildman–Crippen LogP) is 5.20. The molecule has 1 aliphatic rings. The summed E-state index contributed by atoms with van der Waals surface area (Å²) in [5, 5.41) is 5.17. The van der Waals surface area contributed by atoms with Gasteiger partial charge in [0.15, 0.2) is 17.1 Å². The fraction of sp³-hybridized carbons (Fsp3) is 0.500. The normalized spacial score (nSPS) is 15.2. The third-order valence-electron chi connectivity index (χ3n) is 6.28. The number of rotatable bonds is 11. The van der Waals surface area contributed by atoms with Crippen LogP contribution in [0.1, 0.15) is 43.4 Å². The molecule has 2 aromatic carbocycles. The van der Waals surface area contributed by atoms with Crippen molar-refractivity contribution in [3.63, 3.8) is 0 Å². The molecule has 2 heterocycles. The summed E-state index contributed by atoms with van der Waals surface area (Å²) in [6, 6.07) is 10.7. The van der Waals surface area contributed by atoms with E-state index in [1.807, 2.05) is 19.1 Å². The van der Waals surface area contributed by atoms with E-state index in [-0.39, 0.29) is 5.82 Å². The Hall–Kier alpha value is -2.64. The van der Waals surface area contributed by atoms with E-state index < -0.39 is 0 Å². The zero-order chi connectivity index (χ0) is 23.0. The number of ether oxygens (including phenoxy) is 3. The molecule has 0 spiro atoms. The molecule has 0 N–H and O–H groups in total. The molecule has 0 amide bonds. The minimum atomic E-state index is -0.294. The average molecular weight is 457 g/mol. The van der Waals surface area contributed by atoms with Crippen molar-refractivity contribution in [3.8, 4) is 11.5 Å². The number of nitrogens with zero attached hydrogens (tertiary/aromatic N) is 2. The molecule has 0 aliphatic carbocycles. The number of likely N-dealkylation sites (tertiary alicyclic amines) is 1. The second kappa shape index (κ2) is 11.5. The van der Waals surface area contributed by atoms with Crippen molar-refractivity contribution in [1.82, 2.24) is 10.1 Å². The molecule has 0 unspecified atom stereocenters. The second-order valence-electron chi connectivity index (χ2n) is 8.46. The molecule has 1 aromatic heterocycles. The number of hydrogen-bond donors (Lipinski definition) is 0. The zero-order valence-corrected chi connectivity index (χ0v) is 19.5.